The minimum atomic E-state index is -0.607. The van der Waals surface area contributed by atoms with Gasteiger partial charge in [-0.05, 0) is 23.6 Å². The summed E-state index contributed by atoms with van der Waals surface area (Å²) < 4.78 is 10.1. The molecule has 0 N–H and O–H groups in total. The van der Waals surface area contributed by atoms with Gasteiger partial charge in [-0.1, -0.05) is 12.1 Å². The van der Waals surface area contributed by atoms with E-state index in [1.165, 1.54) is 18.4 Å². The van der Waals surface area contributed by atoms with Crippen molar-refractivity contribution in [3.63, 3.8) is 0 Å². The number of carbonyl (C=O) groups excluding carboxylic acids is 2. The lowest BCUT2D eigenvalue weighted by Crippen LogP contribution is -2.14. The number of thiazole rings is 1. The van der Waals surface area contributed by atoms with Crippen molar-refractivity contribution in [1.29, 1.82) is 0 Å². The van der Waals surface area contributed by atoms with Crippen LogP contribution in [-0.2, 0) is 4.74 Å². The third kappa shape index (κ3) is 3.69. The third-order valence-corrected chi connectivity index (χ3v) is 4.78. The number of esters is 1. The van der Waals surface area contributed by atoms with Crippen molar-refractivity contribution in [3.05, 3.63) is 57.7 Å². The van der Waals surface area contributed by atoms with Crippen LogP contribution in [0.2, 0.25) is 0 Å². The first-order valence-corrected chi connectivity index (χ1v) is 8.82. The largest absolute Gasteiger partial charge is 0.497 e. The number of Topliss-reactive ketones (excluding diaryl/α,β-unsaturated/α-hetero) is 1. The van der Waals surface area contributed by atoms with Gasteiger partial charge in [0.15, 0.2) is 18.1 Å². The summed E-state index contributed by atoms with van der Waals surface area (Å²) in [6, 6.07) is 8.64. The van der Waals surface area contributed by atoms with Crippen LogP contribution in [0.15, 0.2) is 46.5 Å². The Kier molecular flexibility index (Phi) is 5.02. The first-order chi connectivity index (χ1) is 11.7. The Morgan fingerprint density at radius 1 is 1.21 bits per heavy atom. The number of ketones is 1. The highest BCUT2D eigenvalue weighted by Gasteiger charge is 2.16. The van der Waals surface area contributed by atoms with Gasteiger partial charge in [-0.15, -0.1) is 11.3 Å². The van der Waals surface area contributed by atoms with Gasteiger partial charge in [0.2, 0.25) is 0 Å². The summed E-state index contributed by atoms with van der Waals surface area (Å²) >= 11 is 2.93. The maximum atomic E-state index is 12.1. The maximum absolute atomic E-state index is 12.1. The molecule has 3 rings (SSSR count). The van der Waals surface area contributed by atoms with Crippen molar-refractivity contribution in [2.45, 2.75) is 0 Å². The van der Waals surface area contributed by atoms with Gasteiger partial charge in [-0.25, -0.2) is 9.78 Å². The van der Waals surface area contributed by atoms with E-state index in [9.17, 15) is 9.59 Å². The Labute approximate surface area is 146 Å². The summed E-state index contributed by atoms with van der Waals surface area (Å²) in [7, 11) is 1.52. The van der Waals surface area contributed by atoms with Crippen LogP contribution in [-0.4, -0.2) is 30.5 Å². The average molecular weight is 359 g/mol. The molecule has 3 aromatic rings. The lowest BCUT2D eigenvalue weighted by atomic mass is 10.1. The molecular formula is C17H13NO4S2. The van der Waals surface area contributed by atoms with Crippen LogP contribution in [0.1, 0.15) is 20.8 Å². The number of rotatable bonds is 6. The topological polar surface area (TPSA) is 65.5 Å². The van der Waals surface area contributed by atoms with Crippen molar-refractivity contribution in [2.75, 3.05) is 13.7 Å². The SMILES string of the molecule is COc1cccc(C(=O)COC(=O)c2csc(-c3ccsc3)n2)c1. The molecule has 0 amide bonds. The van der Waals surface area contributed by atoms with Crippen LogP contribution in [0.4, 0.5) is 0 Å². The van der Waals surface area contributed by atoms with Crippen LogP contribution < -0.4 is 4.74 Å². The van der Waals surface area contributed by atoms with E-state index in [0.29, 0.717) is 11.3 Å². The molecule has 0 aliphatic carbocycles. The fraction of sp³-hybridized carbons (Fsp3) is 0.118. The standard InChI is InChI=1S/C17H13NO4S2/c1-21-13-4-2-3-11(7-13)15(19)8-22-17(20)14-10-24-16(18-14)12-5-6-23-9-12/h2-7,9-10H,8H2,1H3. The molecular weight excluding hydrogens is 346 g/mol. The van der Waals surface area contributed by atoms with Crippen LogP contribution >= 0.6 is 22.7 Å². The van der Waals surface area contributed by atoms with Crippen LogP contribution in [0.5, 0.6) is 5.75 Å². The number of hydrogen-bond acceptors (Lipinski definition) is 7. The minimum Gasteiger partial charge on any atom is -0.497 e. The molecule has 5 nitrogen and oxygen atoms in total. The van der Waals surface area contributed by atoms with Gasteiger partial charge in [0.1, 0.15) is 10.8 Å². The summed E-state index contributed by atoms with van der Waals surface area (Å²) in [6.07, 6.45) is 0. The number of hydrogen-bond donors (Lipinski definition) is 0. The summed E-state index contributed by atoms with van der Waals surface area (Å²) in [5.74, 6) is -0.327. The van der Waals surface area contributed by atoms with Gasteiger partial charge in [0, 0.05) is 21.9 Å². The van der Waals surface area contributed by atoms with E-state index in [1.54, 1.807) is 41.0 Å². The predicted molar refractivity (Wildman–Crippen MR) is 93.0 cm³/mol. The average Bonchev–Trinajstić information content (AvgIpc) is 3.30. The Morgan fingerprint density at radius 3 is 2.83 bits per heavy atom. The molecule has 0 saturated heterocycles. The lowest BCUT2D eigenvalue weighted by Gasteiger charge is -2.04. The van der Waals surface area contributed by atoms with Crippen LogP contribution in [0.3, 0.4) is 0 Å². The zero-order chi connectivity index (χ0) is 16.9. The fourth-order valence-electron chi connectivity index (χ4n) is 1.97. The number of thiophene rings is 1. The molecule has 7 heteroatoms. The number of nitrogens with zero attached hydrogens (tertiary/aromatic N) is 1. The molecule has 0 aliphatic heterocycles. The van der Waals surface area contributed by atoms with Crippen LogP contribution in [0.25, 0.3) is 10.6 Å². The molecule has 0 spiro atoms. The van der Waals surface area contributed by atoms with Crippen molar-refractivity contribution < 1.29 is 19.1 Å². The second-order valence-electron chi connectivity index (χ2n) is 4.78. The van der Waals surface area contributed by atoms with Crippen molar-refractivity contribution in [3.8, 4) is 16.3 Å². The molecule has 0 fully saturated rings. The Balaban J connectivity index is 1.62. The molecule has 0 aliphatic rings. The van der Waals surface area contributed by atoms with Crippen LogP contribution in [0, 0.1) is 0 Å². The monoisotopic (exact) mass is 359 g/mol. The highest BCUT2D eigenvalue weighted by Crippen LogP contribution is 2.25. The van der Waals surface area contributed by atoms with E-state index in [-0.39, 0.29) is 18.1 Å². The smallest absolute Gasteiger partial charge is 0.358 e. The van der Waals surface area contributed by atoms with Gasteiger partial charge in [0.05, 0.1) is 7.11 Å². The molecule has 2 aromatic heterocycles. The third-order valence-electron chi connectivity index (χ3n) is 3.21. The summed E-state index contributed by atoms with van der Waals surface area (Å²) in [6.45, 7) is -0.336. The predicted octanol–water partition coefficient (Wildman–Crippen LogP) is 3.92. The zero-order valence-corrected chi connectivity index (χ0v) is 14.4. The Hall–Kier alpha value is -2.51. The fourth-order valence-corrected chi connectivity index (χ4v) is 3.47. The first-order valence-electron chi connectivity index (χ1n) is 7.00. The highest BCUT2D eigenvalue weighted by atomic mass is 32.1. The normalized spacial score (nSPS) is 10.4. The number of carbonyl (C=O) groups is 2. The second kappa shape index (κ2) is 7.37. The second-order valence-corrected chi connectivity index (χ2v) is 6.42. The number of methoxy groups -OCH3 is 1. The first kappa shape index (κ1) is 16.4. The highest BCUT2D eigenvalue weighted by molar-refractivity contribution is 7.14. The quantitative estimate of drug-likeness (QED) is 0.493. The van der Waals surface area contributed by atoms with Crippen molar-refractivity contribution >= 4 is 34.4 Å². The Morgan fingerprint density at radius 2 is 2.08 bits per heavy atom. The van der Waals surface area contributed by atoms with Gasteiger partial charge in [0.25, 0.3) is 0 Å². The summed E-state index contributed by atoms with van der Waals surface area (Å²) in [5.41, 5.74) is 1.61. The van der Waals surface area contributed by atoms with Crippen molar-refractivity contribution in [1.82, 2.24) is 4.98 Å². The molecule has 0 atom stereocenters. The van der Waals surface area contributed by atoms with E-state index in [4.69, 9.17) is 9.47 Å². The molecule has 0 bridgehead atoms. The number of benzene rings is 1. The van der Waals surface area contributed by atoms with Gasteiger partial charge >= 0.3 is 5.97 Å². The van der Waals surface area contributed by atoms with E-state index in [0.717, 1.165) is 10.6 Å². The minimum absolute atomic E-state index is 0.208. The van der Waals surface area contributed by atoms with Gasteiger partial charge < -0.3 is 9.47 Å². The molecule has 0 unspecified atom stereocenters. The maximum Gasteiger partial charge on any atom is 0.358 e. The van der Waals surface area contributed by atoms with E-state index < -0.39 is 5.97 Å². The van der Waals surface area contributed by atoms with E-state index >= 15 is 0 Å². The summed E-state index contributed by atoms with van der Waals surface area (Å²) in [5, 5.41) is 6.29. The Bertz CT molecular complexity index is 855. The number of aromatic nitrogens is 1. The van der Waals surface area contributed by atoms with E-state index in [1.807, 2.05) is 16.8 Å². The molecule has 1 aromatic carbocycles. The van der Waals surface area contributed by atoms with Gasteiger partial charge in [-0.3, -0.25) is 4.79 Å². The lowest BCUT2D eigenvalue weighted by molar-refractivity contribution is 0.0470. The molecule has 122 valence electrons. The number of ether oxygens (including phenoxy) is 2. The summed E-state index contributed by atoms with van der Waals surface area (Å²) in [4.78, 5) is 28.4. The molecule has 0 saturated carbocycles. The van der Waals surface area contributed by atoms with E-state index in [2.05, 4.69) is 4.98 Å². The van der Waals surface area contributed by atoms with Gasteiger partial charge in [-0.2, -0.15) is 11.3 Å². The molecule has 24 heavy (non-hydrogen) atoms. The molecule has 2 heterocycles. The zero-order valence-electron chi connectivity index (χ0n) is 12.7. The molecule has 0 radical (unpaired) electrons. The van der Waals surface area contributed by atoms with Crippen molar-refractivity contribution in [2.24, 2.45) is 0 Å².